The van der Waals surface area contributed by atoms with Gasteiger partial charge >= 0.3 is 0 Å². The topological polar surface area (TPSA) is 54.4 Å². The van der Waals surface area contributed by atoms with Crippen molar-refractivity contribution in [3.63, 3.8) is 0 Å². The van der Waals surface area contributed by atoms with Crippen molar-refractivity contribution in [1.82, 2.24) is 10.4 Å². The van der Waals surface area contributed by atoms with Gasteiger partial charge in [0.25, 0.3) is 5.91 Å². The van der Waals surface area contributed by atoms with Crippen LogP contribution in [-0.2, 0) is 0 Å². The Labute approximate surface area is 130 Å². The van der Waals surface area contributed by atoms with Gasteiger partial charge in [0.05, 0.1) is 21.3 Å². The lowest BCUT2D eigenvalue weighted by Crippen LogP contribution is -2.19. The summed E-state index contributed by atoms with van der Waals surface area (Å²) in [5.41, 5.74) is 3.42. The van der Waals surface area contributed by atoms with Crippen LogP contribution >= 0.6 is 23.2 Å². The number of rotatable bonds is 3. The fourth-order valence-corrected chi connectivity index (χ4v) is 2.08. The van der Waals surface area contributed by atoms with E-state index < -0.39 is 11.7 Å². The van der Waals surface area contributed by atoms with Gasteiger partial charge in [-0.3, -0.25) is 9.78 Å². The molecule has 108 valence electrons. The smallest absolute Gasteiger partial charge is 0.267 e. The van der Waals surface area contributed by atoms with E-state index in [0.717, 1.165) is 0 Å². The highest BCUT2D eigenvalue weighted by molar-refractivity contribution is 6.37. The summed E-state index contributed by atoms with van der Waals surface area (Å²) in [4.78, 5) is 15.6. The summed E-state index contributed by atoms with van der Waals surface area (Å²) in [6.07, 6.45) is 2.97. The Bertz CT molecular complexity index is 705. The molecule has 0 fully saturated rings. The van der Waals surface area contributed by atoms with Gasteiger partial charge in [-0.1, -0.05) is 23.2 Å². The van der Waals surface area contributed by atoms with Crippen LogP contribution in [0.4, 0.5) is 4.39 Å². The second-order valence-corrected chi connectivity index (χ2v) is 4.94. The predicted octanol–water partition coefficient (Wildman–Crippen LogP) is 3.68. The van der Waals surface area contributed by atoms with E-state index in [1.807, 2.05) is 0 Å². The minimum Gasteiger partial charge on any atom is -0.267 e. The fourth-order valence-electron chi connectivity index (χ4n) is 1.56. The van der Waals surface area contributed by atoms with Gasteiger partial charge < -0.3 is 0 Å². The monoisotopic (exact) mass is 325 g/mol. The van der Waals surface area contributed by atoms with E-state index in [9.17, 15) is 9.18 Å². The molecule has 0 unspecified atom stereocenters. The van der Waals surface area contributed by atoms with Crippen LogP contribution in [0.15, 0.2) is 41.8 Å². The quantitative estimate of drug-likeness (QED) is 0.531. The molecule has 1 N–H and O–H groups in total. The molecule has 1 amide bonds. The van der Waals surface area contributed by atoms with Crippen LogP contribution in [0.5, 0.6) is 0 Å². The van der Waals surface area contributed by atoms with E-state index in [4.69, 9.17) is 23.2 Å². The molecule has 0 spiro atoms. The van der Waals surface area contributed by atoms with Gasteiger partial charge in [0.15, 0.2) is 0 Å². The molecule has 0 radical (unpaired) electrons. The van der Waals surface area contributed by atoms with Gasteiger partial charge in [-0.15, -0.1) is 0 Å². The maximum Gasteiger partial charge on any atom is 0.272 e. The van der Waals surface area contributed by atoms with Gasteiger partial charge in [0.2, 0.25) is 0 Å². The Balaban J connectivity index is 2.19. The first-order valence-electron chi connectivity index (χ1n) is 5.88. The summed E-state index contributed by atoms with van der Waals surface area (Å²) in [7, 11) is 0. The van der Waals surface area contributed by atoms with Crippen LogP contribution in [0.25, 0.3) is 0 Å². The van der Waals surface area contributed by atoms with Gasteiger partial charge in [0.1, 0.15) is 5.82 Å². The van der Waals surface area contributed by atoms with E-state index in [1.165, 1.54) is 18.3 Å². The summed E-state index contributed by atoms with van der Waals surface area (Å²) < 4.78 is 13.4. The predicted molar refractivity (Wildman–Crippen MR) is 80.3 cm³/mol. The third-order valence-corrected chi connectivity index (χ3v) is 3.25. The third kappa shape index (κ3) is 3.77. The molecule has 4 nitrogen and oxygen atoms in total. The van der Waals surface area contributed by atoms with E-state index in [1.54, 1.807) is 25.3 Å². The highest BCUT2D eigenvalue weighted by atomic mass is 35.5. The van der Waals surface area contributed by atoms with Crippen LogP contribution in [0.3, 0.4) is 0 Å². The van der Waals surface area contributed by atoms with E-state index in [2.05, 4.69) is 15.5 Å². The molecule has 0 saturated carbocycles. The zero-order chi connectivity index (χ0) is 15.4. The summed E-state index contributed by atoms with van der Waals surface area (Å²) in [6, 6.07) is 5.69. The molecule has 1 heterocycles. The molecule has 0 bridgehead atoms. The zero-order valence-corrected chi connectivity index (χ0v) is 12.4. The molecule has 21 heavy (non-hydrogen) atoms. The number of hydrogen-bond donors (Lipinski definition) is 1. The Morgan fingerprint density at radius 2 is 2.10 bits per heavy atom. The average molecular weight is 326 g/mol. The second-order valence-electron chi connectivity index (χ2n) is 4.13. The number of carbonyl (C=O) groups is 1. The van der Waals surface area contributed by atoms with Crippen molar-refractivity contribution in [2.24, 2.45) is 5.10 Å². The van der Waals surface area contributed by atoms with E-state index in [0.29, 0.717) is 16.8 Å². The zero-order valence-electron chi connectivity index (χ0n) is 10.9. The van der Waals surface area contributed by atoms with Crippen molar-refractivity contribution in [2.45, 2.75) is 6.92 Å². The number of halogens is 3. The normalized spacial score (nSPS) is 11.3. The van der Waals surface area contributed by atoms with Gasteiger partial charge in [-0.05, 0) is 31.2 Å². The number of aromatic nitrogens is 1. The molecule has 2 rings (SSSR count). The highest BCUT2D eigenvalue weighted by Gasteiger charge is 2.10. The molecule has 0 aliphatic rings. The van der Waals surface area contributed by atoms with Crippen LogP contribution < -0.4 is 5.43 Å². The largest absolute Gasteiger partial charge is 0.272 e. The Hall–Kier alpha value is -1.98. The van der Waals surface area contributed by atoms with Crippen molar-refractivity contribution in [1.29, 1.82) is 0 Å². The highest BCUT2D eigenvalue weighted by Crippen LogP contribution is 2.24. The first-order valence-corrected chi connectivity index (χ1v) is 6.64. The molecule has 2 aromatic rings. The number of hydrazone groups is 1. The molecule has 7 heteroatoms. The first kappa shape index (κ1) is 15.4. The SMILES string of the molecule is C/C(=N/NC(=O)c1cccnc1)c1cc(F)c(Cl)cc1Cl. The molecular formula is C14H10Cl2FN3O. The lowest BCUT2D eigenvalue weighted by atomic mass is 10.1. The fraction of sp³-hybridized carbons (Fsp3) is 0.0714. The lowest BCUT2D eigenvalue weighted by molar-refractivity contribution is 0.0954. The Kier molecular flexibility index (Phi) is 4.88. The number of nitrogens with one attached hydrogen (secondary N) is 1. The molecule has 0 atom stereocenters. The van der Waals surface area contributed by atoms with E-state index in [-0.39, 0.29) is 10.0 Å². The number of nitrogens with zero attached hydrogens (tertiary/aromatic N) is 2. The van der Waals surface area contributed by atoms with Crippen LogP contribution in [0, 0.1) is 5.82 Å². The summed E-state index contributed by atoms with van der Waals surface area (Å²) in [5.74, 6) is -1.03. The number of carbonyl (C=O) groups excluding carboxylic acids is 1. The number of pyridine rings is 1. The summed E-state index contributed by atoms with van der Waals surface area (Å²) in [6.45, 7) is 1.60. The molecule has 1 aromatic carbocycles. The van der Waals surface area contributed by atoms with Crippen LogP contribution in [0.1, 0.15) is 22.8 Å². The minimum atomic E-state index is -0.607. The molecule has 0 saturated heterocycles. The third-order valence-electron chi connectivity index (χ3n) is 2.65. The van der Waals surface area contributed by atoms with Crippen molar-refractivity contribution in [2.75, 3.05) is 0 Å². The van der Waals surface area contributed by atoms with Crippen molar-refractivity contribution < 1.29 is 9.18 Å². The van der Waals surface area contributed by atoms with Crippen LogP contribution in [-0.4, -0.2) is 16.6 Å². The van der Waals surface area contributed by atoms with Crippen molar-refractivity contribution >= 4 is 34.8 Å². The Morgan fingerprint density at radius 1 is 1.33 bits per heavy atom. The minimum absolute atomic E-state index is 0.0732. The number of amides is 1. The van der Waals surface area contributed by atoms with Crippen LogP contribution in [0.2, 0.25) is 10.0 Å². The maximum atomic E-state index is 13.4. The Morgan fingerprint density at radius 3 is 2.76 bits per heavy atom. The van der Waals surface area contributed by atoms with Gasteiger partial charge in [0, 0.05) is 18.0 Å². The number of benzene rings is 1. The van der Waals surface area contributed by atoms with Crippen molar-refractivity contribution in [3.8, 4) is 0 Å². The maximum absolute atomic E-state index is 13.4. The molecule has 0 aliphatic heterocycles. The average Bonchev–Trinajstić information content (AvgIpc) is 2.49. The second kappa shape index (κ2) is 6.65. The summed E-state index contributed by atoms with van der Waals surface area (Å²) >= 11 is 11.6. The van der Waals surface area contributed by atoms with E-state index >= 15 is 0 Å². The van der Waals surface area contributed by atoms with Gasteiger partial charge in [-0.25, -0.2) is 9.82 Å². The molecule has 1 aromatic heterocycles. The molecular weight excluding hydrogens is 316 g/mol. The number of hydrogen-bond acceptors (Lipinski definition) is 3. The standard InChI is InChI=1S/C14H10Cl2FN3O/c1-8(10-5-13(17)12(16)6-11(10)15)19-20-14(21)9-3-2-4-18-7-9/h2-7H,1H3,(H,20,21)/b19-8-. The summed E-state index contributed by atoms with van der Waals surface area (Å²) in [5, 5.41) is 4.07. The molecule has 0 aliphatic carbocycles. The van der Waals surface area contributed by atoms with Crippen molar-refractivity contribution in [3.05, 3.63) is 63.6 Å². The lowest BCUT2D eigenvalue weighted by Gasteiger charge is -2.06. The first-order chi connectivity index (χ1) is 9.99. The van der Waals surface area contributed by atoms with Gasteiger partial charge in [-0.2, -0.15) is 5.10 Å².